The van der Waals surface area contributed by atoms with Gasteiger partial charge in [0.1, 0.15) is 11.5 Å². The number of carbonyl (C=O) groups is 1. The van der Waals surface area contributed by atoms with E-state index in [9.17, 15) is 9.18 Å². The molecule has 1 fully saturated rings. The van der Waals surface area contributed by atoms with Crippen molar-refractivity contribution in [3.05, 3.63) is 59.2 Å². The molecule has 9 heteroatoms. The van der Waals surface area contributed by atoms with Crippen LogP contribution in [0.3, 0.4) is 0 Å². The largest absolute Gasteiger partial charge is 0.381 e. The molecule has 0 bridgehead atoms. The van der Waals surface area contributed by atoms with E-state index in [1.807, 2.05) is 18.2 Å². The van der Waals surface area contributed by atoms with Gasteiger partial charge in [0.15, 0.2) is 5.96 Å². The molecule has 0 radical (unpaired) electrons. The summed E-state index contributed by atoms with van der Waals surface area (Å²) in [6, 6.07) is 8.47. The molecular formula is C26H35FN6O2. The summed E-state index contributed by atoms with van der Waals surface area (Å²) < 4.78 is 18.5. The summed E-state index contributed by atoms with van der Waals surface area (Å²) in [4.78, 5) is 22.9. The first-order valence-electron chi connectivity index (χ1n) is 12.1. The fourth-order valence-electron chi connectivity index (χ4n) is 5.17. The Bertz CT molecular complexity index is 1070. The van der Waals surface area contributed by atoms with Gasteiger partial charge in [-0.05, 0) is 80.6 Å². The van der Waals surface area contributed by atoms with Crippen LogP contribution in [0.4, 0.5) is 10.1 Å². The lowest BCUT2D eigenvalue weighted by Crippen LogP contribution is -2.56. The van der Waals surface area contributed by atoms with E-state index in [4.69, 9.17) is 10.5 Å². The third kappa shape index (κ3) is 5.79. The molecule has 188 valence electrons. The van der Waals surface area contributed by atoms with E-state index < -0.39 is 5.82 Å². The predicted molar refractivity (Wildman–Crippen MR) is 135 cm³/mol. The van der Waals surface area contributed by atoms with E-state index in [-0.39, 0.29) is 17.1 Å². The van der Waals surface area contributed by atoms with Gasteiger partial charge in [-0.25, -0.2) is 9.37 Å². The van der Waals surface area contributed by atoms with E-state index >= 15 is 0 Å². The van der Waals surface area contributed by atoms with Crippen molar-refractivity contribution in [2.45, 2.75) is 43.7 Å². The third-order valence-corrected chi connectivity index (χ3v) is 7.18. The second-order valence-corrected chi connectivity index (χ2v) is 9.74. The highest BCUT2D eigenvalue weighted by molar-refractivity contribution is 6.02. The molecule has 0 saturated heterocycles. The molecule has 2 aliphatic carbocycles. The molecule has 2 aromatic rings. The zero-order chi connectivity index (χ0) is 25.0. The number of anilines is 1. The van der Waals surface area contributed by atoms with Crippen LogP contribution in [0.15, 0.2) is 41.5 Å². The number of nitrogens with one attached hydrogen (secondary N) is 2. The quantitative estimate of drug-likeness (QED) is 0.355. The number of fused-ring (bicyclic) bond motifs is 1. The van der Waals surface area contributed by atoms with Crippen molar-refractivity contribution in [1.82, 2.24) is 15.2 Å². The summed E-state index contributed by atoms with van der Waals surface area (Å²) in [7, 11) is 5.63. The van der Waals surface area contributed by atoms with E-state index in [1.165, 1.54) is 17.7 Å². The molecule has 4 N–H and O–H groups in total. The van der Waals surface area contributed by atoms with Gasteiger partial charge in [-0.15, -0.1) is 0 Å². The van der Waals surface area contributed by atoms with E-state index in [2.05, 4.69) is 32.6 Å². The van der Waals surface area contributed by atoms with Crippen molar-refractivity contribution >= 4 is 17.6 Å². The molecule has 1 heterocycles. The molecule has 35 heavy (non-hydrogen) atoms. The second-order valence-electron chi connectivity index (χ2n) is 9.74. The van der Waals surface area contributed by atoms with Crippen LogP contribution < -0.4 is 16.4 Å². The average Bonchev–Trinajstić information content (AvgIpc) is 2.81. The molecule has 1 saturated carbocycles. The van der Waals surface area contributed by atoms with Gasteiger partial charge < -0.3 is 26.0 Å². The number of aromatic nitrogens is 1. The number of carbonyl (C=O) groups excluding carboxylic acids is 1. The number of nitrogens with two attached hydrogens (primary N) is 1. The Labute approximate surface area is 206 Å². The molecular weight excluding hydrogens is 447 g/mol. The minimum Gasteiger partial charge on any atom is -0.381 e. The van der Waals surface area contributed by atoms with Gasteiger partial charge >= 0.3 is 0 Å². The Morgan fingerprint density at radius 2 is 2.14 bits per heavy atom. The van der Waals surface area contributed by atoms with Crippen molar-refractivity contribution in [2.75, 3.05) is 39.6 Å². The molecule has 1 aromatic carbocycles. The number of pyridine rings is 1. The van der Waals surface area contributed by atoms with Crippen molar-refractivity contribution in [3.63, 3.8) is 0 Å². The lowest BCUT2D eigenvalue weighted by molar-refractivity contribution is -0.00861. The Kier molecular flexibility index (Phi) is 7.66. The van der Waals surface area contributed by atoms with Crippen LogP contribution in [0.1, 0.15) is 47.3 Å². The maximum Gasteiger partial charge on any atom is 0.274 e. The van der Waals surface area contributed by atoms with Crippen molar-refractivity contribution in [3.8, 4) is 0 Å². The summed E-state index contributed by atoms with van der Waals surface area (Å²) in [5.74, 6) is 0.247. The zero-order valence-corrected chi connectivity index (χ0v) is 20.7. The van der Waals surface area contributed by atoms with Crippen LogP contribution in [0.5, 0.6) is 0 Å². The topological polar surface area (TPSA) is 105 Å². The Morgan fingerprint density at radius 1 is 1.34 bits per heavy atom. The number of rotatable bonds is 10. The standard InChI is InChI=1S/C26H35FN6O2/c1-29-25(28)32-26(9-4-10-33(2)16-17-11-21(12-17)35-3)14-18-5-7-20(13-22(18)26)31-24(34)23-8-6-19(27)15-30-23/h5-8,13,15,17,21H,4,9-12,14,16H2,1-3H3,(H,31,34)(H3,28,29,32)/t17?,21?,26-/m1/s1. The molecule has 0 spiro atoms. The molecule has 0 aliphatic heterocycles. The van der Waals surface area contributed by atoms with Crippen molar-refractivity contribution in [2.24, 2.45) is 16.6 Å². The van der Waals surface area contributed by atoms with Gasteiger partial charge in [0.2, 0.25) is 0 Å². The third-order valence-electron chi connectivity index (χ3n) is 7.18. The first-order chi connectivity index (χ1) is 16.8. The first kappa shape index (κ1) is 25.1. The number of ether oxygens (including phenoxy) is 1. The van der Waals surface area contributed by atoms with E-state index in [0.717, 1.165) is 57.0 Å². The van der Waals surface area contributed by atoms with Crippen LogP contribution >= 0.6 is 0 Å². The van der Waals surface area contributed by atoms with Gasteiger partial charge in [0.25, 0.3) is 5.91 Å². The lowest BCUT2D eigenvalue weighted by atomic mass is 9.68. The van der Waals surface area contributed by atoms with E-state index in [1.54, 1.807) is 14.2 Å². The van der Waals surface area contributed by atoms with Gasteiger partial charge in [-0.1, -0.05) is 6.07 Å². The number of aliphatic imine (C=N–C) groups is 1. The number of amides is 1. The number of nitrogens with zero attached hydrogens (tertiary/aromatic N) is 3. The second kappa shape index (κ2) is 10.7. The lowest BCUT2D eigenvalue weighted by Gasteiger charge is -2.46. The summed E-state index contributed by atoms with van der Waals surface area (Å²) in [5, 5.41) is 6.30. The molecule has 1 atom stereocenters. The summed E-state index contributed by atoms with van der Waals surface area (Å²) >= 11 is 0. The van der Waals surface area contributed by atoms with Gasteiger partial charge in [0, 0.05) is 32.8 Å². The number of hydrogen-bond donors (Lipinski definition) is 3. The maximum absolute atomic E-state index is 13.1. The fourth-order valence-corrected chi connectivity index (χ4v) is 5.17. The first-order valence-corrected chi connectivity index (χ1v) is 12.1. The van der Waals surface area contributed by atoms with Gasteiger partial charge in [0.05, 0.1) is 17.8 Å². The number of hydrogen-bond acceptors (Lipinski definition) is 5. The number of methoxy groups -OCH3 is 1. The molecule has 1 amide bonds. The number of halogens is 1. The normalized spacial score (nSPS) is 23.3. The van der Waals surface area contributed by atoms with Crippen molar-refractivity contribution < 1.29 is 13.9 Å². The van der Waals surface area contributed by atoms with Gasteiger partial charge in [-0.2, -0.15) is 0 Å². The van der Waals surface area contributed by atoms with Gasteiger partial charge in [-0.3, -0.25) is 9.79 Å². The smallest absolute Gasteiger partial charge is 0.274 e. The fraction of sp³-hybridized carbons (Fsp3) is 0.500. The summed E-state index contributed by atoms with van der Waals surface area (Å²) in [5.41, 5.74) is 8.91. The highest BCUT2D eigenvalue weighted by atomic mass is 19.1. The van der Waals surface area contributed by atoms with Crippen molar-refractivity contribution in [1.29, 1.82) is 0 Å². The molecule has 4 rings (SSSR count). The Morgan fingerprint density at radius 3 is 2.83 bits per heavy atom. The Balaban J connectivity index is 1.40. The Hall–Kier alpha value is -3.04. The monoisotopic (exact) mass is 482 g/mol. The van der Waals surface area contributed by atoms with Crippen LogP contribution in [0.25, 0.3) is 0 Å². The summed E-state index contributed by atoms with van der Waals surface area (Å²) in [6.07, 6.45) is 6.48. The highest BCUT2D eigenvalue weighted by Crippen LogP contribution is 2.44. The van der Waals surface area contributed by atoms with Crippen LogP contribution in [-0.2, 0) is 16.7 Å². The highest BCUT2D eigenvalue weighted by Gasteiger charge is 2.43. The van der Waals surface area contributed by atoms with Crippen LogP contribution in [-0.4, -0.2) is 62.1 Å². The summed E-state index contributed by atoms with van der Waals surface area (Å²) in [6.45, 7) is 2.08. The van der Waals surface area contributed by atoms with Crippen LogP contribution in [0, 0.1) is 11.7 Å². The zero-order valence-electron chi connectivity index (χ0n) is 20.7. The molecule has 1 aromatic heterocycles. The van der Waals surface area contributed by atoms with E-state index in [0.29, 0.717) is 23.7 Å². The predicted octanol–water partition coefficient (Wildman–Crippen LogP) is 2.90. The molecule has 0 unspecified atom stereocenters. The SMILES string of the molecule is CN=C(N)N[C@]1(CCCN(C)CC2CC(OC)C2)Cc2ccc(NC(=O)c3ccc(F)cn3)cc21. The maximum atomic E-state index is 13.1. The molecule has 8 nitrogen and oxygen atoms in total. The van der Waals surface area contributed by atoms with Crippen LogP contribution in [0.2, 0.25) is 0 Å². The minimum absolute atomic E-state index is 0.159. The molecule has 2 aliphatic rings. The number of guanidine groups is 1. The number of benzene rings is 1. The minimum atomic E-state index is -0.480. The average molecular weight is 483 g/mol.